The van der Waals surface area contributed by atoms with Crippen LogP contribution in [0.2, 0.25) is 0 Å². The normalized spacial score (nSPS) is 10.7. The highest BCUT2D eigenvalue weighted by molar-refractivity contribution is 5.96. The number of benzene rings is 3. The van der Waals surface area contributed by atoms with Gasteiger partial charge in [0, 0.05) is 12.0 Å². The molecule has 3 aromatic rings. The third-order valence-electron chi connectivity index (χ3n) is 5.66. The minimum Gasteiger partial charge on any atom is -0.490 e. The van der Waals surface area contributed by atoms with Crippen molar-refractivity contribution in [2.75, 3.05) is 26.4 Å². The predicted molar refractivity (Wildman–Crippen MR) is 136 cm³/mol. The lowest BCUT2D eigenvalue weighted by Gasteiger charge is -2.27. The van der Waals surface area contributed by atoms with Crippen molar-refractivity contribution in [3.63, 3.8) is 0 Å². The maximum Gasteiger partial charge on any atom is 0.325 e. The first-order valence-electron chi connectivity index (χ1n) is 11.9. The highest BCUT2D eigenvalue weighted by Crippen LogP contribution is 2.35. The summed E-state index contributed by atoms with van der Waals surface area (Å²) in [4.78, 5) is 24.9. The summed E-state index contributed by atoms with van der Waals surface area (Å²) in [5.74, 6) is -0.0134. The number of nitrogens with zero attached hydrogens (tertiary/aromatic N) is 1. The minimum absolute atomic E-state index is 0.0175. The van der Waals surface area contributed by atoms with Gasteiger partial charge in [0.05, 0.1) is 25.9 Å². The van der Waals surface area contributed by atoms with E-state index in [1.807, 2.05) is 74.5 Å². The highest BCUT2D eigenvalue weighted by atomic mass is 16.5. The molecule has 1 N–H and O–H groups in total. The molecule has 0 spiro atoms. The van der Waals surface area contributed by atoms with Crippen LogP contribution in [-0.4, -0.2) is 38.2 Å². The van der Waals surface area contributed by atoms with E-state index in [4.69, 9.17) is 14.2 Å². The zero-order valence-electron chi connectivity index (χ0n) is 20.5. The van der Waals surface area contributed by atoms with Gasteiger partial charge in [0.2, 0.25) is 0 Å². The van der Waals surface area contributed by atoms with E-state index in [1.165, 1.54) is 0 Å². The number of nitriles is 1. The molecule has 0 unspecified atom stereocenters. The SMILES string of the molecule is CCOc1ccc(C(=O)NCC(=O)OCCC(C#N)(c2ccccc2)c2ccccc2)cc1OCC. The Bertz CT molecular complexity index is 1150. The van der Waals surface area contributed by atoms with Crippen LogP contribution in [0, 0.1) is 11.3 Å². The van der Waals surface area contributed by atoms with E-state index >= 15 is 0 Å². The van der Waals surface area contributed by atoms with Crippen molar-refractivity contribution < 1.29 is 23.8 Å². The molecule has 0 radical (unpaired) electrons. The molecule has 0 aromatic heterocycles. The molecule has 0 saturated heterocycles. The van der Waals surface area contributed by atoms with Gasteiger partial charge in [-0.3, -0.25) is 9.59 Å². The van der Waals surface area contributed by atoms with Crippen molar-refractivity contribution in [3.8, 4) is 17.6 Å². The molecule has 7 heteroatoms. The van der Waals surface area contributed by atoms with Crippen LogP contribution in [0.3, 0.4) is 0 Å². The Morgan fingerprint density at radius 3 is 2.00 bits per heavy atom. The quantitative estimate of drug-likeness (QED) is 0.374. The van der Waals surface area contributed by atoms with E-state index in [2.05, 4.69) is 11.4 Å². The molecule has 0 heterocycles. The molecule has 0 aliphatic heterocycles. The molecule has 0 fully saturated rings. The second kappa shape index (κ2) is 13.0. The Balaban J connectivity index is 1.61. The van der Waals surface area contributed by atoms with Crippen LogP contribution >= 0.6 is 0 Å². The fourth-order valence-corrected chi connectivity index (χ4v) is 3.90. The summed E-state index contributed by atoms with van der Waals surface area (Å²) < 4.78 is 16.5. The van der Waals surface area contributed by atoms with Gasteiger partial charge in [-0.25, -0.2) is 0 Å². The number of carbonyl (C=O) groups excluding carboxylic acids is 2. The van der Waals surface area contributed by atoms with Gasteiger partial charge in [-0.1, -0.05) is 60.7 Å². The van der Waals surface area contributed by atoms with Gasteiger partial charge in [0.15, 0.2) is 11.5 Å². The Morgan fingerprint density at radius 2 is 1.44 bits per heavy atom. The Labute approximate surface area is 211 Å². The van der Waals surface area contributed by atoms with E-state index < -0.39 is 17.3 Å². The lowest BCUT2D eigenvalue weighted by molar-refractivity contribution is -0.142. The molecule has 7 nitrogen and oxygen atoms in total. The fraction of sp³-hybridized carbons (Fsp3) is 0.276. The van der Waals surface area contributed by atoms with Crippen LogP contribution in [0.4, 0.5) is 0 Å². The number of hydrogen-bond acceptors (Lipinski definition) is 6. The van der Waals surface area contributed by atoms with Crippen LogP contribution in [0.15, 0.2) is 78.9 Å². The van der Waals surface area contributed by atoms with E-state index in [-0.39, 0.29) is 19.6 Å². The zero-order valence-corrected chi connectivity index (χ0v) is 20.5. The number of esters is 1. The maximum atomic E-state index is 12.6. The Hall–Kier alpha value is -4.31. The molecular formula is C29H30N2O5. The summed E-state index contributed by atoms with van der Waals surface area (Å²) in [6.07, 6.45) is 0.272. The summed E-state index contributed by atoms with van der Waals surface area (Å²) in [5, 5.41) is 12.8. The van der Waals surface area contributed by atoms with Gasteiger partial charge in [-0.15, -0.1) is 0 Å². The monoisotopic (exact) mass is 486 g/mol. The van der Waals surface area contributed by atoms with Gasteiger partial charge < -0.3 is 19.5 Å². The van der Waals surface area contributed by atoms with Crippen LogP contribution in [-0.2, 0) is 14.9 Å². The number of hydrogen-bond donors (Lipinski definition) is 1. The Morgan fingerprint density at radius 1 is 0.861 bits per heavy atom. The van der Waals surface area contributed by atoms with Gasteiger partial charge >= 0.3 is 5.97 Å². The molecule has 186 valence electrons. The van der Waals surface area contributed by atoms with Crippen LogP contribution in [0.5, 0.6) is 11.5 Å². The number of rotatable bonds is 12. The maximum absolute atomic E-state index is 12.6. The van der Waals surface area contributed by atoms with E-state index in [9.17, 15) is 14.9 Å². The lowest BCUT2D eigenvalue weighted by Crippen LogP contribution is -2.32. The van der Waals surface area contributed by atoms with Crippen molar-refractivity contribution in [1.29, 1.82) is 5.26 Å². The van der Waals surface area contributed by atoms with Crippen molar-refractivity contribution in [1.82, 2.24) is 5.32 Å². The van der Waals surface area contributed by atoms with Crippen molar-refractivity contribution in [3.05, 3.63) is 95.6 Å². The average molecular weight is 487 g/mol. The molecule has 3 rings (SSSR count). The summed E-state index contributed by atoms with van der Waals surface area (Å²) in [7, 11) is 0. The van der Waals surface area contributed by atoms with Crippen molar-refractivity contribution in [2.45, 2.75) is 25.7 Å². The predicted octanol–water partition coefficient (Wildman–Crippen LogP) is 4.66. The van der Waals surface area contributed by atoms with Gasteiger partial charge in [0.1, 0.15) is 12.0 Å². The van der Waals surface area contributed by atoms with Gasteiger partial charge in [0.25, 0.3) is 5.91 Å². The first-order valence-corrected chi connectivity index (χ1v) is 11.9. The molecule has 0 aliphatic rings. The fourth-order valence-electron chi connectivity index (χ4n) is 3.90. The molecule has 1 amide bonds. The number of amides is 1. The van der Waals surface area contributed by atoms with Gasteiger partial charge in [-0.05, 0) is 43.2 Å². The summed E-state index contributed by atoms with van der Waals surface area (Å²) >= 11 is 0. The summed E-state index contributed by atoms with van der Waals surface area (Å²) in [6, 6.07) is 26.2. The average Bonchev–Trinajstić information content (AvgIpc) is 2.92. The van der Waals surface area contributed by atoms with Crippen molar-refractivity contribution >= 4 is 11.9 Å². The zero-order chi connectivity index (χ0) is 25.8. The number of nitrogens with one attached hydrogen (secondary N) is 1. The molecule has 0 bridgehead atoms. The number of ether oxygens (including phenoxy) is 3. The van der Waals surface area contributed by atoms with E-state index in [1.54, 1.807) is 18.2 Å². The summed E-state index contributed by atoms with van der Waals surface area (Å²) in [5.41, 5.74) is 1.02. The molecular weight excluding hydrogens is 456 g/mol. The third kappa shape index (κ3) is 6.42. The molecule has 0 saturated carbocycles. The topological polar surface area (TPSA) is 97.6 Å². The molecule has 0 aliphatic carbocycles. The lowest BCUT2D eigenvalue weighted by atomic mass is 9.73. The van der Waals surface area contributed by atoms with Crippen LogP contribution in [0.1, 0.15) is 41.8 Å². The largest absolute Gasteiger partial charge is 0.490 e. The highest BCUT2D eigenvalue weighted by Gasteiger charge is 2.34. The summed E-state index contributed by atoms with van der Waals surface area (Å²) in [6.45, 7) is 4.32. The second-order valence-electron chi connectivity index (χ2n) is 7.93. The van der Waals surface area contributed by atoms with E-state index in [0.717, 1.165) is 11.1 Å². The van der Waals surface area contributed by atoms with Gasteiger partial charge in [-0.2, -0.15) is 5.26 Å². The standard InChI is InChI=1S/C29H30N2O5/c1-3-34-25-16-15-22(19-26(25)35-4-2)28(33)31-20-27(32)36-18-17-29(21-30,23-11-7-5-8-12-23)24-13-9-6-10-14-24/h5-16,19H,3-4,17-18,20H2,1-2H3,(H,31,33). The number of carbonyl (C=O) groups is 2. The first-order chi connectivity index (χ1) is 17.5. The molecule has 36 heavy (non-hydrogen) atoms. The smallest absolute Gasteiger partial charge is 0.325 e. The molecule has 3 aromatic carbocycles. The Kier molecular flexibility index (Phi) is 9.47. The first kappa shape index (κ1) is 26.3. The molecule has 0 atom stereocenters. The minimum atomic E-state index is -0.968. The van der Waals surface area contributed by atoms with Crippen LogP contribution in [0.25, 0.3) is 0 Å². The third-order valence-corrected chi connectivity index (χ3v) is 5.66. The second-order valence-corrected chi connectivity index (χ2v) is 7.93. The van der Waals surface area contributed by atoms with Crippen LogP contribution < -0.4 is 14.8 Å². The van der Waals surface area contributed by atoms with Crippen molar-refractivity contribution in [2.24, 2.45) is 0 Å². The van der Waals surface area contributed by atoms with E-state index in [0.29, 0.717) is 30.3 Å².